The lowest BCUT2D eigenvalue weighted by Crippen LogP contribution is -2.40. The number of aromatic nitrogens is 2. The summed E-state index contributed by atoms with van der Waals surface area (Å²) in [4.78, 5) is 24.8. The van der Waals surface area contributed by atoms with Gasteiger partial charge >= 0.3 is 6.09 Å². The van der Waals surface area contributed by atoms with Gasteiger partial charge < -0.3 is 14.4 Å². The summed E-state index contributed by atoms with van der Waals surface area (Å²) in [6, 6.07) is 1.49. The van der Waals surface area contributed by atoms with Gasteiger partial charge in [-0.25, -0.2) is 4.79 Å². The Hall–Kier alpha value is -1.89. The van der Waals surface area contributed by atoms with E-state index in [1.54, 1.807) is 4.90 Å². The van der Waals surface area contributed by atoms with Gasteiger partial charge in [-0.1, -0.05) is 0 Å². The fraction of sp³-hybridized carbons (Fsp3) is 0.500. The Labute approximate surface area is 97.9 Å². The Morgan fingerprint density at radius 1 is 1.41 bits per heavy atom. The summed E-state index contributed by atoms with van der Waals surface area (Å²) in [5.74, 6) is -0.198. The van der Waals surface area contributed by atoms with E-state index in [9.17, 15) is 9.59 Å². The van der Waals surface area contributed by atoms with Gasteiger partial charge in [0, 0.05) is 19.3 Å². The first-order valence-electron chi connectivity index (χ1n) is 5.23. The average Bonchev–Trinajstić information content (AvgIpc) is 2.87. The molecule has 1 amide bonds. The molecule has 0 aromatic carbocycles. The normalized spacial score (nSPS) is 15.7. The molecule has 2 heterocycles. The lowest BCUT2D eigenvalue weighted by Gasteiger charge is -2.25. The van der Waals surface area contributed by atoms with Gasteiger partial charge in [-0.15, -0.1) is 0 Å². The maximum Gasteiger partial charge on any atom is 0.434 e. The average molecular weight is 239 g/mol. The Morgan fingerprint density at radius 2 is 2.12 bits per heavy atom. The number of hydrogen-bond donors (Lipinski definition) is 0. The van der Waals surface area contributed by atoms with Crippen LogP contribution in [0.5, 0.6) is 0 Å². The molecule has 1 aliphatic heterocycles. The SMILES string of the molecule is COC(=O)n1ccc(C(=O)N2CCOCC2)n1. The van der Waals surface area contributed by atoms with Crippen LogP contribution in [-0.2, 0) is 9.47 Å². The number of amides is 1. The topological polar surface area (TPSA) is 73.7 Å². The van der Waals surface area contributed by atoms with Gasteiger partial charge in [-0.05, 0) is 6.07 Å². The maximum absolute atomic E-state index is 12.0. The summed E-state index contributed by atoms with van der Waals surface area (Å²) >= 11 is 0. The van der Waals surface area contributed by atoms with E-state index in [0.29, 0.717) is 26.3 Å². The van der Waals surface area contributed by atoms with Gasteiger partial charge in [0.15, 0.2) is 5.69 Å². The minimum Gasteiger partial charge on any atom is -0.451 e. The van der Waals surface area contributed by atoms with Crippen LogP contribution >= 0.6 is 0 Å². The molecule has 0 radical (unpaired) electrons. The van der Waals surface area contributed by atoms with Crippen LogP contribution in [0.1, 0.15) is 10.5 Å². The van der Waals surface area contributed by atoms with Crippen LogP contribution in [0.3, 0.4) is 0 Å². The van der Waals surface area contributed by atoms with Crippen molar-refractivity contribution in [2.45, 2.75) is 0 Å². The molecule has 0 unspecified atom stereocenters. The van der Waals surface area contributed by atoms with E-state index in [0.717, 1.165) is 4.68 Å². The van der Waals surface area contributed by atoms with Gasteiger partial charge in [-0.2, -0.15) is 9.78 Å². The first kappa shape index (κ1) is 11.6. The standard InChI is InChI=1S/C10H13N3O4/c1-16-10(15)13-3-2-8(11-13)9(14)12-4-6-17-7-5-12/h2-3H,4-7H2,1H3. The van der Waals surface area contributed by atoms with Crippen molar-refractivity contribution in [2.24, 2.45) is 0 Å². The Morgan fingerprint density at radius 3 is 2.76 bits per heavy atom. The number of hydrogen-bond acceptors (Lipinski definition) is 5. The number of methoxy groups -OCH3 is 1. The molecule has 1 saturated heterocycles. The smallest absolute Gasteiger partial charge is 0.434 e. The molecule has 1 aromatic heterocycles. The number of ether oxygens (including phenoxy) is 2. The molecule has 92 valence electrons. The van der Waals surface area contributed by atoms with E-state index < -0.39 is 6.09 Å². The molecule has 17 heavy (non-hydrogen) atoms. The van der Waals surface area contributed by atoms with E-state index in [2.05, 4.69) is 9.84 Å². The lowest BCUT2D eigenvalue weighted by atomic mass is 10.3. The van der Waals surface area contributed by atoms with Crippen molar-refractivity contribution in [3.8, 4) is 0 Å². The number of morpholine rings is 1. The molecule has 2 rings (SSSR count). The molecule has 1 aromatic rings. The number of rotatable bonds is 1. The minimum atomic E-state index is -0.619. The molecule has 0 bridgehead atoms. The predicted octanol–water partition coefficient (Wildman–Crippen LogP) is -0.0300. The zero-order valence-corrected chi connectivity index (χ0v) is 9.46. The van der Waals surface area contributed by atoms with Crippen LogP contribution in [0.2, 0.25) is 0 Å². The van der Waals surface area contributed by atoms with Crippen LogP contribution in [-0.4, -0.2) is 60.1 Å². The molecule has 7 nitrogen and oxygen atoms in total. The van der Waals surface area contributed by atoms with Gasteiger partial charge in [0.2, 0.25) is 0 Å². The Balaban J connectivity index is 2.08. The summed E-state index contributed by atoms with van der Waals surface area (Å²) < 4.78 is 10.6. The second-order valence-electron chi connectivity index (χ2n) is 3.52. The number of carbonyl (C=O) groups is 2. The van der Waals surface area contributed by atoms with Crippen LogP contribution in [0.4, 0.5) is 4.79 Å². The molecule has 0 aliphatic carbocycles. The first-order valence-corrected chi connectivity index (χ1v) is 5.23. The zero-order valence-electron chi connectivity index (χ0n) is 9.46. The third-order valence-corrected chi connectivity index (χ3v) is 2.47. The molecule has 1 aliphatic rings. The third-order valence-electron chi connectivity index (χ3n) is 2.47. The van der Waals surface area contributed by atoms with E-state index in [1.807, 2.05) is 0 Å². The lowest BCUT2D eigenvalue weighted by molar-refractivity contribution is 0.0298. The van der Waals surface area contributed by atoms with Crippen molar-refractivity contribution in [3.05, 3.63) is 18.0 Å². The second-order valence-corrected chi connectivity index (χ2v) is 3.52. The van der Waals surface area contributed by atoms with E-state index >= 15 is 0 Å². The zero-order chi connectivity index (χ0) is 12.3. The third kappa shape index (κ3) is 2.44. The van der Waals surface area contributed by atoms with Gasteiger partial charge in [0.25, 0.3) is 5.91 Å². The molecule has 0 saturated carbocycles. The molecule has 0 spiro atoms. The fourth-order valence-corrected chi connectivity index (χ4v) is 1.56. The maximum atomic E-state index is 12.0. The molecule has 1 fully saturated rings. The quantitative estimate of drug-likeness (QED) is 0.688. The van der Waals surface area contributed by atoms with Crippen molar-refractivity contribution in [3.63, 3.8) is 0 Å². The summed E-state index contributed by atoms with van der Waals surface area (Å²) in [6.07, 6.45) is 0.783. The van der Waals surface area contributed by atoms with Crippen molar-refractivity contribution in [1.82, 2.24) is 14.7 Å². The molecular formula is C10H13N3O4. The van der Waals surface area contributed by atoms with Crippen molar-refractivity contribution in [1.29, 1.82) is 0 Å². The van der Waals surface area contributed by atoms with Crippen molar-refractivity contribution in [2.75, 3.05) is 33.4 Å². The minimum absolute atomic E-state index is 0.198. The van der Waals surface area contributed by atoms with Crippen molar-refractivity contribution < 1.29 is 19.1 Å². The summed E-state index contributed by atoms with van der Waals surface area (Å²) in [5, 5.41) is 3.87. The van der Waals surface area contributed by atoms with Crippen LogP contribution in [0.15, 0.2) is 12.3 Å². The van der Waals surface area contributed by atoms with E-state index in [-0.39, 0.29) is 11.6 Å². The molecular weight excluding hydrogens is 226 g/mol. The monoisotopic (exact) mass is 239 g/mol. The highest BCUT2D eigenvalue weighted by molar-refractivity contribution is 5.92. The van der Waals surface area contributed by atoms with Gasteiger partial charge in [0.05, 0.1) is 20.3 Å². The highest BCUT2D eigenvalue weighted by atomic mass is 16.5. The van der Waals surface area contributed by atoms with Crippen LogP contribution in [0, 0.1) is 0 Å². The van der Waals surface area contributed by atoms with Gasteiger partial charge in [-0.3, -0.25) is 4.79 Å². The predicted molar refractivity (Wildman–Crippen MR) is 56.8 cm³/mol. The summed E-state index contributed by atoms with van der Waals surface area (Å²) in [5.41, 5.74) is 0.234. The summed E-state index contributed by atoms with van der Waals surface area (Å²) in [6.45, 7) is 2.15. The Kier molecular flexibility index (Phi) is 3.38. The largest absolute Gasteiger partial charge is 0.451 e. The van der Waals surface area contributed by atoms with Crippen LogP contribution in [0.25, 0.3) is 0 Å². The van der Waals surface area contributed by atoms with E-state index in [1.165, 1.54) is 19.4 Å². The Bertz CT molecular complexity index is 423. The summed E-state index contributed by atoms with van der Waals surface area (Å²) in [7, 11) is 1.26. The highest BCUT2D eigenvalue weighted by Crippen LogP contribution is 2.05. The highest BCUT2D eigenvalue weighted by Gasteiger charge is 2.21. The van der Waals surface area contributed by atoms with E-state index in [4.69, 9.17) is 4.74 Å². The number of nitrogens with zero attached hydrogens (tertiary/aromatic N) is 3. The number of carbonyl (C=O) groups excluding carboxylic acids is 2. The van der Waals surface area contributed by atoms with Crippen LogP contribution < -0.4 is 0 Å². The molecule has 7 heteroatoms. The molecule has 0 atom stereocenters. The van der Waals surface area contributed by atoms with Gasteiger partial charge in [0.1, 0.15) is 0 Å². The fourth-order valence-electron chi connectivity index (χ4n) is 1.56. The molecule has 0 N–H and O–H groups in total. The second kappa shape index (κ2) is 4.96. The van der Waals surface area contributed by atoms with Crippen molar-refractivity contribution >= 4 is 12.0 Å². The first-order chi connectivity index (χ1) is 8.22.